The zero-order chi connectivity index (χ0) is 18.6. The van der Waals surface area contributed by atoms with E-state index < -0.39 is 29.5 Å². The van der Waals surface area contributed by atoms with Crippen LogP contribution in [0.5, 0.6) is 0 Å². The topological polar surface area (TPSA) is 185 Å². The lowest BCUT2D eigenvalue weighted by Crippen LogP contribution is -2.48. The summed E-state index contributed by atoms with van der Waals surface area (Å²) in [4.78, 5) is 38.7. The molecule has 0 amide bonds. The summed E-state index contributed by atoms with van der Waals surface area (Å²) in [5, 5.41) is 42.5. The van der Waals surface area contributed by atoms with E-state index in [-0.39, 0.29) is 0 Å². The van der Waals surface area contributed by atoms with Crippen molar-refractivity contribution in [1.82, 2.24) is 10.2 Å². The Kier molecular flexibility index (Phi) is 11.4. The van der Waals surface area contributed by atoms with Gasteiger partial charge in [-0.3, -0.25) is 0 Å². The second-order valence-electron chi connectivity index (χ2n) is 4.78. The van der Waals surface area contributed by atoms with Crippen LogP contribution in [0.2, 0.25) is 0 Å². The molecule has 23 heavy (non-hydrogen) atoms. The average molecular weight is 338 g/mol. The minimum atomic E-state index is -1.82. The van der Waals surface area contributed by atoms with Gasteiger partial charge in [0.2, 0.25) is 0 Å². The fraction of sp³-hybridized carbons (Fsp3) is 0.667. The SMILES string of the molecule is CNCC1(O)CCN(C)CC1.O=C(O)C(=O)O.O=C(O)C(=O)O. The lowest BCUT2D eigenvalue weighted by Gasteiger charge is -2.36. The average Bonchev–Trinajstić information content (AvgIpc) is 2.44. The van der Waals surface area contributed by atoms with Crippen molar-refractivity contribution in [3.05, 3.63) is 0 Å². The van der Waals surface area contributed by atoms with Crippen molar-refractivity contribution < 1.29 is 44.7 Å². The summed E-state index contributed by atoms with van der Waals surface area (Å²) in [6, 6.07) is 0. The molecule has 1 rings (SSSR count). The fourth-order valence-corrected chi connectivity index (χ4v) is 1.54. The molecule has 0 aromatic heterocycles. The van der Waals surface area contributed by atoms with E-state index >= 15 is 0 Å². The number of rotatable bonds is 2. The van der Waals surface area contributed by atoms with E-state index in [1.165, 1.54) is 0 Å². The molecule has 134 valence electrons. The third kappa shape index (κ3) is 13.2. The largest absolute Gasteiger partial charge is 0.473 e. The van der Waals surface area contributed by atoms with Crippen LogP contribution < -0.4 is 5.32 Å². The van der Waals surface area contributed by atoms with Crippen LogP contribution in [-0.2, 0) is 19.2 Å². The summed E-state index contributed by atoms with van der Waals surface area (Å²) in [7, 11) is 3.98. The first-order valence-electron chi connectivity index (χ1n) is 6.43. The molecular formula is C12H22N2O9. The second kappa shape index (κ2) is 11.3. The standard InChI is InChI=1S/C8H18N2O.2C2H2O4/c1-9-7-8(11)3-5-10(2)6-4-8;2*3-1(4)2(5)6/h9,11H,3-7H2,1-2H3;2*(H,3,4)(H,5,6). The number of carboxylic acid groups (broad SMARTS) is 4. The first kappa shape index (κ1) is 23.0. The molecule has 0 aromatic carbocycles. The first-order chi connectivity index (χ1) is 10.4. The van der Waals surface area contributed by atoms with Crippen molar-refractivity contribution in [2.24, 2.45) is 0 Å². The Morgan fingerprint density at radius 1 is 0.913 bits per heavy atom. The fourth-order valence-electron chi connectivity index (χ4n) is 1.54. The maximum Gasteiger partial charge on any atom is 0.414 e. The molecule has 0 saturated carbocycles. The van der Waals surface area contributed by atoms with Crippen LogP contribution in [0.4, 0.5) is 0 Å². The Bertz CT molecular complexity index is 369. The monoisotopic (exact) mass is 338 g/mol. The predicted molar refractivity (Wildman–Crippen MR) is 76.2 cm³/mol. The molecule has 1 aliphatic rings. The third-order valence-corrected chi connectivity index (χ3v) is 2.79. The summed E-state index contributed by atoms with van der Waals surface area (Å²) >= 11 is 0. The number of likely N-dealkylation sites (tertiary alicyclic amines) is 1. The van der Waals surface area contributed by atoms with Gasteiger partial charge in [-0.05, 0) is 26.9 Å². The number of nitrogens with one attached hydrogen (secondary N) is 1. The van der Waals surface area contributed by atoms with Crippen LogP contribution in [0, 0.1) is 0 Å². The van der Waals surface area contributed by atoms with Gasteiger partial charge in [0.15, 0.2) is 0 Å². The van der Waals surface area contributed by atoms with E-state index in [0.29, 0.717) is 0 Å². The third-order valence-electron chi connectivity index (χ3n) is 2.79. The highest BCUT2D eigenvalue weighted by atomic mass is 16.4. The van der Waals surface area contributed by atoms with Crippen LogP contribution in [0.25, 0.3) is 0 Å². The summed E-state index contributed by atoms with van der Waals surface area (Å²) < 4.78 is 0. The summed E-state index contributed by atoms with van der Waals surface area (Å²) in [5.41, 5.74) is -0.443. The van der Waals surface area contributed by atoms with Gasteiger partial charge in [0.05, 0.1) is 5.60 Å². The molecule has 11 heteroatoms. The van der Waals surface area contributed by atoms with E-state index in [1.54, 1.807) is 0 Å². The maximum atomic E-state index is 9.90. The van der Waals surface area contributed by atoms with Crippen molar-refractivity contribution in [1.29, 1.82) is 0 Å². The molecule has 0 aromatic rings. The number of likely N-dealkylation sites (N-methyl/N-ethyl adjacent to an activating group) is 1. The number of hydrogen-bond acceptors (Lipinski definition) is 7. The highest BCUT2D eigenvalue weighted by Gasteiger charge is 2.29. The number of nitrogens with zero attached hydrogens (tertiary/aromatic N) is 1. The van der Waals surface area contributed by atoms with Crippen LogP contribution >= 0.6 is 0 Å². The molecular weight excluding hydrogens is 316 g/mol. The molecule has 0 spiro atoms. The smallest absolute Gasteiger partial charge is 0.414 e. The molecule has 6 N–H and O–H groups in total. The normalized spacial score (nSPS) is 16.0. The number of aliphatic hydroxyl groups is 1. The number of piperidine rings is 1. The van der Waals surface area contributed by atoms with Gasteiger partial charge in [-0.25, -0.2) is 19.2 Å². The lowest BCUT2D eigenvalue weighted by atomic mass is 9.92. The molecule has 1 aliphatic heterocycles. The number of aliphatic carboxylic acids is 4. The Hall–Kier alpha value is -2.24. The van der Waals surface area contributed by atoms with E-state index in [2.05, 4.69) is 17.3 Å². The molecule has 1 fully saturated rings. The van der Waals surface area contributed by atoms with Gasteiger partial charge in [-0.1, -0.05) is 0 Å². The minimum absolute atomic E-state index is 0.443. The minimum Gasteiger partial charge on any atom is -0.473 e. The van der Waals surface area contributed by atoms with Crippen LogP contribution in [0.15, 0.2) is 0 Å². The van der Waals surface area contributed by atoms with Gasteiger partial charge in [0.1, 0.15) is 0 Å². The lowest BCUT2D eigenvalue weighted by molar-refractivity contribution is -0.159. The van der Waals surface area contributed by atoms with Crippen LogP contribution in [0.3, 0.4) is 0 Å². The molecule has 1 saturated heterocycles. The van der Waals surface area contributed by atoms with Gasteiger partial charge in [0, 0.05) is 19.6 Å². The molecule has 11 nitrogen and oxygen atoms in total. The van der Waals surface area contributed by atoms with Gasteiger partial charge < -0.3 is 35.7 Å². The molecule has 0 atom stereocenters. The van der Waals surface area contributed by atoms with Crippen LogP contribution in [0.1, 0.15) is 12.8 Å². The molecule has 1 heterocycles. The zero-order valence-electron chi connectivity index (χ0n) is 12.9. The van der Waals surface area contributed by atoms with E-state index in [4.69, 9.17) is 39.6 Å². The predicted octanol–water partition coefficient (Wildman–Crippen LogP) is -2.03. The number of hydrogen-bond donors (Lipinski definition) is 6. The Balaban J connectivity index is 0. The summed E-state index contributed by atoms with van der Waals surface area (Å²) in [6.07, 6.45) is 1.79. The Labute approximate surface area is 132 Å². The molecule has 0 aliphatic carbocycles. The van der Waals surface area contributed by atoms with Crippen molar-refractivity contribution in [2.45, 2.75) is 18.4 Å². The van der Waals surface area contributed by atoms with Gasteiger partial charge in [-0.2, -0.15) is 0 Å². The maximum absolute atomic E-state index is 9.90. The van der Waals surface area contributed by atoms with Gasteiger partial charge in [0.25, 0.3) is 0 Å². The quantitative estimate of drug-likeness (QED) is 0.305. The van der Waals surface area contributed by atoms with E-state index in [9.17, 15) is 5.11 Å². The second-order valence-corrected chi connectivity index (χ2v) is 4.78. The van der Waals surface area contributed by atoms with Crippen molar-refractivity contribution in [3.8, 4) is 0 Å². The van der Waals surface area contributed by atoms with Gasteiger partial charge in [-0.15, -0.1) is 0 Å². The Morgan fingerprint density at radius 2 is 1.22 bits per heavy atom. The summed E-state index contributed by atoms with van der Waals surface area (Å²) in [5.74, 6) is -7.30. The summed E-state index contributed by atoms with van der Waals surface area (Å²) in [6.45, 7) is 2.75. The highest BCUT2D eigenvalue weighted by Crippen LogP contribution is 2.19. The zero-order valence-corrected chi connectivity index (χ0v) is 12.9. The van der Waals surface area contributed by atoms with Crippen LogP contribution in [-0.4, -0.2) is 93.6 Å². The Morgan fingerprint density at radius 3 is 1.43 bits per heavy atom. The van der Waals surface area contributed by atoms with E-state index in [0.717, 1.165) is 32.5 Å². The number of carbonyl (C=O) groups is 4. The van der Waals surface area contributed by atoms with Gasteiger partial charge >= 0.3 is 23.9 Å². The van der Waals surface area contributed by atoms with Crippen molar-refractivity contribution in [2.75, 3.05) is 33.7 Å². The van der Waals surface area contributed by atoms with Crippen molar-refractivity contribution >= 4 is 23.9 Å². The number of carboxylic acids is 4. The van der Waals surface area contributed by atoms with E-state index in [1.807, 2.05) is 7.05 Å². The first-order valence-corrected chi connectivity index (χ1v) is 6.43. The van der Waals surface area contributed by atoms with Crippen molar-refractivity contribution in [3.63, 3.8) is 0 Å². The molecule has 0 radical (unpaired) electrons. The highest BCUT2D eigenvalue weighted by molar-refractivity contribution is 6.27. The molecule has 0 bridgehead atoms. The molecule has 0 unspecified atom stereocenters.